The number of H-pyrrole nitrogens is 1. The summed E-state index contributed by atoms with van der Waals surface area (Å²) in [6, 6.07) is 1.50. The third-order valence-electron chi connectivity index (χ3n) is 3.04. The van der Waals surface area contributed by atoms with Crippen LogP contribution in [0.2, 0.25) is 5.02 Å². The lowest BCUT2D eigenvalue weighted by atomic mass is 9.96. The van der Waals surface area contributed by atoms with Crippen LogP contribution in [0.3, 0.4) is 0 Å². The van der Waals surface area contributed by atoms with Gasteiger partial charge >= 0.3 is 5.97 Å². The molecule has 0 aromatic carbocycles. The molecule has 0 aliphatic heterocycles. The zero-order valence-electron chi connectivity index (χ0n) is 8.62. The maximum atomic E-state index is 11.3. The van der Waals surface area contributed by atoms with Crippen LogP contribution in [0.1, 0.15) is 47.7 Å². The number of halogens is 1. The van der Waals surface area contributed by atoms with Crippen LogP contribution in [0.15, 0.2) is 10.9 Å². The number of aromatic nitrogens is 1. The number of aromatic carboxylic acids is 1. The molecule has 1 aliphatic rings. The first-order valence-electron chi connectivity index (χ1n) is 5.25. The van der Waals surface area contributed by atoms with E-state index in [9.17, 15) is 9.59 Å². The number of nitrogens with one attached hydrogen (secondary N) is 1. The Bertz CT molecular complexity index is 475. The molecule has 0 saturated heterocycles. The second-order valence-corrected chi connectivity index (χ2v) is 4.47. The fraction of sp³-hybridized carbons (Fsp3) is 0.455. The van der Waals surface area contributed by atoms with Crippen LogP contribution in [0.25, 0.3) is 0 Å². The molecule has 1 fully saturated rings. The third-order valence-corrected chi connectivity index (χ3v) is 3.32. The van der Waals surface area contributed by atoms with Crippen LogP contribution in [0, 0.1) is 0 Å². The summed E-state index contributed by atoms with van der Waals surface area (Å²) < 4.78 is 0. The maximum absolute atomic E-state index is 11.3. The zero-order chi connectivity index (χ0) is 11.7. The van der Waals surface area contributed by atoms with Crippen LogP contribution >= 0.6 is 11.6 Å². The second kappa shape index (κ2) is 4.29. The summed E-state index contributed by atoms with van der Waals surface area (Å²) in [6.07, 6.45) is 4.12. The molecule has 2 rings (SSSR count). The first kappa shape index (κ1) is 11.2. The summed E-state index contributed by atoms with van der Waals surface area (Å²) in [7, 11) is 0. The van der Waals surface area contributed by atoms with Gasteiger partial charge in [-0.25, -0.2) is 4.79 Å². The number of carboxylic acid groups (broad SMARTS) is 1. The minimum Gasteiger partial charge on any atom is -0.477 e. The molecule has 1 aromatic rings. The van der Waals surface area contributed by atoms with Gasteiger partial charge in [-0.15, -0.1) is 0 Å². The highest BCUT2D eigenvalue weighted by Crippen LogP contribution is 2.35. The Labute approximate surface area is 97.3 Å². The number of hydrogen-bond donors (Lipinski definition) is 2. The molecule has 0 bridgehead atoms. The van der Waals surface area contributed by atoms with E-state index >= 15 is 0 Å². The largest absolute Gasteiger partial charge is 0.477 e. The Balaban J connectivity index is 2.52. The quantitative estimate of drug-likeness (QED) is 0.835. The molecule has 1 saturated carbocycles. The molecule has 0 radical (unpaired) electrons. The van der Waals surface area contributed by atoms with E-state index < -0.39 is 11.5 Å². The Morgan fingerprint density at radius 3 is 2.62 bits per heavy atom. The molecule has 1 aromatic heterocycles. The van der Waals surface area contributed by atoms with Gasteiger partial charge in [0.2, 0.25) is 0 Å². The van der Waals surface area contributed by atoms with E-state index in [0.717, 1.165) is 25.7 Å². The van der Waals surface area contributed by atoms with Gasteiger partial charge in [0.1, 0.15) is 10.7 Å². The fourth-order valence-corrected chi connectivity index (χ4v) is 2.42. The Morgan fingerprint density at radius 1 is 1.44 bits per heavy atom. The average Bonchev–Trinajstić information content (AvgIpc) is 2.74. The number of hydrogen-bond acceptors (Lipinski definition) is 2. The molecule has 4 nitrogen and oxygen atoms in total. The topological polar surface area (TPSA) is 70.2 Å². The summed E-state index contributed by atoms with van der Waals surface area (Å²) in [6.45, 7) is 0. The molecule has 86 valence electrons. The van der Waals surface area contributed by atoms with Gasteiger partial charge in [-0.2, -0.15) is 0 Å². The van der Waals surface area contributed by atoms with Crippen LogP contribution in [0.4, 0.5) is 0 Å². The highest BCUT2D eigenvalue weighted by atomic mass is 35.5. The molecule has 5 heteroatoms. The van der Waals surface area contributed by atoms with Crippen molar-refractivity contribution in [1.82, 2.24) is 4.98 Å². The number of aromatic amines is 1. The summed E-state index contributed by atoms with van der Waals surface area (Å²) in [5, 5.41) is 9.09. The molecule has 0 amide bonds. The first-order valence-corrected chi connectivity index (χ1v) is 5.63. The molecule has 16 heavy (non-hydrogen) atoms. The van der Waals surface area contributed by atoms with Crippen molar-refractivity contribution in [2.45, 2.75) is 31.6 Å². The summed E-state index contributed by atoms with van der Waals surface area (Å²) in [4.78, 5) is 24.6. The molecular formula is C11H12ClNO3. The number of rotatable bonds is 2. The molecule has 2 N–H and O–H groups in total. The molecule has 1 heterocycles. The lowest BCUT2D eigenvalue weighted by Crippen LogP contribution is -2.17. The number of pyridine rings is 1. The van der Waals surface area contributed by atoms with Gasteiger partial charge in [0, 0.05) is 0 Å². The van der Waals surface area contributed by atoms with Crippen LogP contribution in [0.5, 0.6) is 0 Å². The van der Waals surface area contributed by atoms with E-state index in [0.29, 0.717) is 5.56 Å². The maximum Gasteiger partial charge on any atom is 0.352 e. The predicted molar refractivity (Wildman–Crippen MR) is 60.2 cm³/mol. The van der Waals surface area contributed by atoms with Crippen molar-refractivity contribution in [1.29, 1.82) is 0 Å². The first-order chi connectivity index (χ1) is 7.59. The minimum absolute atomic E-state index is 0.0127. The molecule has 0 atom stereocenters. The van der Waals surface area contributed by atoms with E-state index in [1.165, 1.54) is 6.07 Å². The molecule has 0 unspecified atom stereocenters. The van der Waals surface area contributed by atoms with Crippen molar-refractivity contribution < 1.29 is 9.90 Å². The van der Waals surface area contributed by atoms with Crippen molar-refractivity contribution in [3.05, 3.63) is 32.7 Å². The Kier molecular flexibility index (Phi) is 3.01. The van der Waals surface area contributed by atoms with E-state index in [4.69, 9.17) is 16.7 Å². The van der Waals surface area contributed by atoms with Gasteiger partial charge in [0.05, 0.1) is 0 Å². The smallest absolute Gasteiger partial charge is 0.352 e. The lowest BCUT2D eigenvalue weighted by molar-refractivity contribution is 0.0688. The Hall–Kier alpha value is -1.29. The highest BCUT2D eigenvalue weighted by molar-refractivity contribution is 6.30. The van der Waals surface area contributed by atoms with Gasteiger partial charge in [-0.3, -0.25) is 4.79 Å². The van der Waals surface area contributed by atoms with Crippen molar-refractivity contribution in [2.75, 3.05) is 0 Å². The number of carboxylic acids is 1. The standard InChI is InChI=1S/C11H12ClNO3/c12-8-5-7(6-3-1-2-4-6)9(11(15)16)13-10(8)14/h5-6H,1-4H2,(H,13,14)(H,15,16). The lowest BCUT2D eigenvalue weighted by Gasteiger charge is -2.12. The SMILES string of the molecule is O=C(O)c1[nH]c(=O)c(Cl)cc1C1CCCC1. The average molecular weight is 242 g/mol. The normalized spacial score (nSPS) is 16.6. The monoisotopic (exact) mass is 241 g/mol. The van der Waals surface area contributed by atoms with E-state index in [2.05, 4.69) is 4.98 Å². The van der Waals surface area contributed by atoms with E-state index in [-0.39, 0.29) is 16.6 Å². The summed E-state index contributed by atoms with van der Waals surface area (Å²) in [5.74, 6) is -0.892. The van der Waals surface area contributed by atoms with Gasteiger partial charge in [-0.1, -0.05) is 24.4 Å². The molecule has 1 aliphatic carbocycles. The molecule has 0 spiro atoms. The van der Waals surface area contributed by atoms with Crippen LogP contribution in [-0.4, -0.2) is 16.1 Å². The van der Waals surface area contributed by atoms with Gasteiger partial charge in [0.25, 0.3) is 5.56 Å². The predicted octanol–water partition coefficient (Wildman–Crippen LogP) is 2.38. The fourth-order valence-electron chi connectivity index (χ4n) is 2.26. The zero-order valence-corrected chi connectivity index (χ0v) is 9.38. The summed E-state index contributed by atoms with van der Waals surface area (Å²) >= 11 is 5.73. The number of carbonyl (C=O) groups is 1. The second-order valence-electron chi connectivity index (χ2n) is 4.06. The van der Waals surface area contributed by atoms with Gasteiger partial charge in [-0.05, 0) is 30.4 Å². The highest BCUT2D eigenvalue weighted by Gasteiger charge is 2.24. The Morgan fingerprint density at radius 2 is 2.06 bits per heavy atom. The minimum atomic E-state index is -1.10. The van der Waals surface area contributed by atoms with E-state index in [1.807, 2.05) is 0 Å². The third kappa shape index (κ3) is 1.97. The summed E-state index contributed by atoms with van der Waals surface area (Å²) in [5.41, 5.74) is 0.108. The van der Waals surface area contributed by atoms with Crippen molar-refractivity contribution in [3.63, 3.8) is 0 Å². The van der Waals surface area contributed by atoms with Gasteiger partial charge < -0.3 is 10.1 Å². The van der Waals surface area contributed by atoms with Crippen molar-refractivity contribution in [3.8, 4) is 0 Å². The molecular weight excluding hydrogens is 230 g/mol. The van der Waals surface area contributed by atoms with Crippen LogP contribution in [-0.2, 0) is 0 Å². The van der Waals surface area contributed by atoms with Crippen molar-refractivity contribution >= 4 is 17.6 Å². The van der Waals surface area contributed by atoms with Crippen LogP contribution < -0.4 is 5.56 Å². The van der Waals surface area contributed by atoms with E-state index in [1.54, 1.807) is 0 Å². The van der Waals surface area contributed by atoms with Crippen molar-refractivity contribution in [2.24, 2.45) is 0 Å². The van der Waals surface area contributed by atoms with Gasteiger partial charge in [0.15, 0.2) is 0 Å².